The fourth-order valence-corrected chi connectivity index (χ4v) is 4.12. The zero-order chi connectivity index (χ0) is 20.0. The second kappa shape index (κ2) is 6.90. The van der Waals surface area contributed by atoms with Crippen molar-refractivity contribution in [2.45, 2.75) is 19.5 Å². The number of nitrogens with one attached hydrogen (secondary N) is 1. The first-order valence-corrected chi connectivity index (χ1v) is 9.82. The topological polar surface area (TPSA) is 79.9 Å². The highest BCUT2D eigenvalue weighted by Gasteiger charge is 2.22. The molecule has 2 aromatic carbocycles. The van der Waals surface area contributed by atoms with E-state index in [9.17, 15) is 4.79 Å². The number of hydrogen-bond acceptors (Lipinski definition) is 4. The van der Waals surface area contributed by atoms with E-state index in [1.54, 1.807) is 0 Å². The number of nitrogen functional groups attached to an aromatic ring is 1. The molecule has 0 aliphatic carbocycles. The number of rotatable bonds is 3. The fraction of sp³-hybridized carbons (Fsp3) is 0.217. The monoisotopic (exact) mass is 385 g/mol. The quantitative estimate of drug-likeness (QED) is 0.531. The first kappa shape index (κ1) is 17.7. The van der Waals surface area contributed by atoms with E-state index in [1.165, 1.54) is 16.6 Å². The molecule has 4 aromatic rings. The van der Waals surface area contributed by atoms with Gasteiger partial charge in [-0.15, -0.1) is 0 Å². The molecule has 1 aliphatic rings. The van der Waals surface area contributed by atoms with Crippen LogP contribution < -0.4 is 11.3 Å². The second-order valence-corrected chi connectivity index (χ2v) is 7.68. The third kappa shape index (κ3) is 3.21. The summed E-state index contributed by atoms with van der Waals surface area (Å²) in [6.45, 7) is 2.30. The Balaban J connectivity index is 1.41. The number of nitrogens with two attached hydrogens (primary N) is 1. The summed E-state index contributed by atoms with van der Waals surface area (Å²) in [6, 6.07) is 18.0. The maximum absolute atomic E-state index is 12.8. The standard InChI is InChI=1S/C23H23N5O/c1-27-18(12-16-4-2-3-5-21(16)27)13-28-11-10-20-19(14-28)23(29)26-22(25-20)15-6-8-17(24)9-7-15/h2-9,12H,10-11,13-14,24H2,1H3,(H,25,26,29). The molecule has 6 heteroatoms. The first-order valence-electron chi connectivity index (χ1n) is 9.82. The number of anilines is 1. The zero-order valence-electron chi connectivity index (χ0n) is 16.4. The van der Waals surface area contributed by atoms with Gasteiger partial charge in [0.15, 0.2) is 0 Å². The minimum absolute atomic E-state index is 0.0523. The summed E-state index contributed by atoms with van der Waals surface area (Å²) in [5.41, 5.74) is 11.4. The molecule has 1 aliphatic heterocycles. The van der Waals surface area contributed by atoms with Crippen molar-refractivity contribution in [3.05, 3.63) is 81.9 Å². The van der Waals surface area contributed by atoms with Crippen LogP contribution in [0.5, 0.6) is 0 Å². The van der Waals surface area contributed by atoms with Gasteiger partial charge < -0.3 is 15.3 Å². The summed E-state index contributed by atoms with van der Waals surface area (Å²) in [5.74, 6) is 0.607. The number of aryl methyl sites for hydroxylation is 1. The SMILES string of the molecule is Cn1c(CN2CCc3nc(-c4ccc(N)cc4)[nH]c(=O)c3C2)cc2ccccc21. The molecule has 146 valence electrons. The van der Waals surface area contributed by atoms with Gasteiger partial charge in [0, 0.05) is 55.6 Å². The predicted molar refractivity (Wildman–Crippen MR) is 115 cm³/mol. The van der Waals surface area contributed by atoms with Crippen molar-refractivity contribution in [3.8, 4) is 11.4 Å². The molecule has 0 saturated heterocycles. The van der Waals surface area contributed by atoms with Crippen molar-refractivity contribution in [2.75, 3.05) is 12.3 Å². The normalized spacial score (nSPS) is 14.2. The summed E-state index contributed by atoms with van der Waals surface area (Å²) < 4.78 is 2.23. The Morgan fingerprint density at radius 3 is 2.72 bits per heavy atom. The highest BCUT2D eigenvalue weighted by molar-refractivity contribution is 5.81. The summed E-state index contributed by atoms with van der Waals surface area (Å²) >= 11 is 0. The highest BCUT2D eigenvalue weighted by atomic mass is 16.1. The van der Waals surface area contributed by atoms with Crippen molar-refractivity contribution in [1.82, 2.24) is 19.4 Å². The van der Waals surface area contributed by atoms with Crippen LogP contribution in [-0.4, -0.2) is 26.0 Å². The number of aromatic nitrogens is 3. The Hall–Kier alpha value is -3.38. The van der Waals surface area contributed by atoms with Crippen LogP contribution in [0.3, 0.4) is 0 Å². The Morgan fingerprint density at radius 1 is 1.14 bits per heavy atom. The molecular weight excluding hydrogens is 362 g/mol. The van der Waals surface area contributed by atoms with Gasteiger partial charge >= 0.3 is 0 Å². The molecule has 2 aromatic heterocycles. The van der Waals surface area contributed by atoms with Gasteiger partial charge in [-0.25, -0.2) is 4.98 Å². The van der Waals surface area contributed by atoms with Crippen LogP contribution in [0.15, 0.2) is 59.4 Å². The third-order valence-electron chi connectivity index (χ3n) is 5.77. The Kier molecular flexibility index (Phi) is 4.21. The van der Waals surface area contributed by atoms with E-state index in [2.05, 4.69) is 51.8 Å². The highest BCUT2D eigenvalue weighted by Crippen LogP contribution is 2.23. The van der Waals surface area contributed by atoms with Crippen molar-refractivity contribution >= 4 is 16.6 Å². The van der Waals surface area contributed by atoms with Crippen molar-refractivity contribution in [3.63, 3.8) is 0 Å². The molecule has 0 atom stereocenters. The molecule has 3 N–H and O–H groups in total. The summed E-state index contributed by atoms with van der Waals surface area (Å²) in [5, 5.41) is 1.25. The number of H-pyrrole nitrogens is 1. The smallest absolute Gasteiger partial charge is 0.255 e. The third-order valence-corrected chi connectivity index (χ3v) is 5.77. The molecule has 3 heterocycles. The van der Waals surface area contributed by atoms with Crippen LogP contribution in [-0.2, 0) is 26.6 Å². The number of nitrogens with zero attached hydrogens (tertiary/aromatic N) is 3. The maximum atomic E-state index is 12.8. The summed E-state index contributed by atoms with van der Waals surface area (Å²) in [6.07, 6.45) is 0.769. The lowest BCUT2D eigenvalue weighted by Crippen LogP contribution is -2.35. The van der Waals surface area contributed by atoms with Gasteiger partial charge in [-0.2, -0.15) is 0 Å². The molecule has 6 nitrogen and oxygen atoms in total. The van der Waals surface area contributed by atoms with Gasteiger partial charge in [0.2, 0.25) is 0 Å². The van der Waals surface area contributed by atoms with Crippen molar-refractivity contribution in [2.24, 2.45) is 7.05 Å². The predicted octanol–water partition coefficient (Wildman–Crippen LogP) is 3.07. The Morgan fingerprint density at radius 2 is 1.93 bits per heavy atom. The first-order chi connectivity index (χ1) is 14.1. The van der Waals surface area contributed by atoms with E-state index in [0.29, 0.717) is 18.1 Å². The second-order valence-electron chi connectivity index (χ2n) is 7.68. The minimum atomic E-state index is -0.0523. The lowest BCUT2D eigenvalue weighted by atomic mass is 10.1. The van der Waals surface area contributed by atoms with Crippen LogP contribution in [0.2, 0.25) is 0 Å². The van der Waals surface area contributed by atoms with Crippen LogP contribution in [0.4, 0.5) is 5.69 Å². The van der Waals surface area contributed by atoms with E-state index < -0.39 is 0 Å². The zero-order valence-corrected chi connectivity index (χ0v) is 16.4. The molecule has 0 spiro atoms. The van der Waals surface area contributed by atoms with Gasteiger partial charge in [-0.3, -0.25) is 9.69 Å². The molecule has 0 amide bonds. The maximum Gasteiger partial charge on any atom is 0.255 e. The van der Waals surface area contributed by atoms with Crippen LogP contribution in [0, 0.1) is 0 Å². The van der Waals surface area contributed by atoms with E-state index in [1.807, 2.05) is 24.3 Å². The van der Waals surface area contributed by atoms with Crippen LogP contribution in [0.25, 0.3) is 22.3 Å². The van der Waals surface area contributed by atoms with Gasteiger partial charge in [-0.05, 0) is 41.8 Å². The number of para-hydroxylation sites is 1. The van der Waals surface area contributed by atoms with E-state index in [4.69, 9.17) is 10.7 Å². The molecular formula is C23H23N5O. The Bertz CT molecular complexity index is 1250. The van der Waals surface area contributed by atoms with E-state index in [-0.39, 0.29) is 5.56 Å². The minimum Gasteiger partial charge on any atom is -0.399 e. The largest absolute Gasteiger partial charge is 0.399 e. The number of aromatic amines is 1. The van der Waals surface area contributed by atoms with E-state index >= 15 is 0 Å². The van der Waals surface area contributed by atoms with Crippen LogP contribution >= 0.6 is 0 Å². The summed E-state index contributed by atoms with van der Waals surface area (Å²) in [4.78, 5) is 22.8. The molecule has 0 fully saturated rings. The molecule has 0 radical (unpaired) electrons. The molecule has 0 unspecified atom stereocenters. The number of hydrogen-bond donors (Lipinski definition) is 2. The Labute approximate surface area is 168 Å². The van der Waals surface area contributed by atoms with Gasteiger partial charge in [0.25, 0.3) is 5.56 Å². The lowest BCUT2D eigenvalue weighted by Gasteiger charge is -2.27. The van der Waals surface area contributed by atoms with Crippen molar-refractivity contribution in [1.29, 1.82) is 0 Å². The average molecular weight is 385 g/mol. The molecule has 0 saturated carbocycles. The molecule has 0 bridgehead atoms. The van der Waals surface area contributed by atoms with Gasteiger partial charge in [0.1, 0.15) is 5.82 Å². The van der Waals surface area contributed by atoms with Gasteiger partial charge in [-0.1, -0.05) is 18.2 Å². The van der Waals surface area contributed by atoms with E-state index in [0.717, 1.165) is 36.3 Å². The lowest BCUT2D eigenvalue weighted by molar-refractivity contribution is 0.237. The van der Waals surface area contributed by atoms with Gasteiger partial charge in [0.05, 0.1) is 11.3 Å². The fourth-order valence-electron chi connectivity index (χ4n) is 4.12. The molecule has 5 rings (SSSR count). The number of fused-ring (bicyclic) bond motifs is 2. The van der Waals surface area contributed by atoms with Crippen LogP contribution in [0.1, 0.15) is 17.0 Å². The number of benzene rings is 2. The van der Waals surface area contributed by atoms with Crippen molar-refractivity contribution < 1.29 is 0 Å². The molecule has 29 heavy (non-hydrogen) atoms. The summed E-state index contributed by atoms with van der Waals surface area (Å²) in [7, 11) is 2.10. The average Bonchev–Trinajstić information content (AvgIpc) is 3.04.